The molecule has 11 heteroatoms. The van der Waals surface area contributed by atoms with Gasteiger partial charge in [0.15, 0.2) is 12.4 Å². The summed E-state index contributed by atoms with van der Waals surface area (Å²) < 4.78 is 37.0. The lowest BCUT2D eigenvalue weighted by atomic mass is 10.3. The Morgan fingerprint density at radius 1 is 1.48 bits per heavy atom. The van der Waals surface area contributed by atoms with Crippen LogP contribution in [-0.4, -0.2) is 40.9 Å². The first-order chi connectivity index (χ1) is 10.9. The van der Waals surface area contributed by atoms with Gasteiger partial charge in [-0.15, -0.1) is 0 Å². The molecule has 0 aliphatic carbocycles. The minimum absolute atomic E-state index is 0.0334. The summed E-state index contributed by atoms with van der Waals surface area (Å²) in [6, 6.07) is 0. The van der Waals surface area contributed by atoms with Crippen LogP contribution in [0.5, 0.6) is 0 Å². The van der Waals surface area contributed by atoms with E-state index in [1.54, 1.807) is 7.05 Å². The maximum atomic E-state index is 11.9. The molecule has 0 amide bonds. The van der Waals surface area contributed by atoms with Gasteiger partial charge in [-0.1, -0.05) is 12.1 Å². The van der Waals surface area contributed by atoms with E-state index in [2.05, 4.69) is 20.0 Å². The van der Waals surface area contributed by atoms with Gasteiger partial charge in [0.05, 0.1) is 6.20 Å². The summed E-state index contributed by atoms with van der Waals surface area (Å²) in [5.41, 5.74) is 0. The zero-order valence-corrected chi connectivity index (χ0v) is 13.5. The predicted octanol–water partition coefficient (Wildman–Crippen LogP) is -0.223. The summed E-state index contributed by atoms with van der Waals surface area (Å²) >= 11 is 0. The molecule has 2 aromatic rings. The Hall–Kier alpha value is -2.27. The molecular formula is C12H17N5O5S. The Balaban J connectivity index is 1.80. The Morgan fingerprint density at radius 3 is 2.91 bits per heavy atom. The zero-order valence-electron chi connectivity index (χ0n) is 12.7. The number of nitrogens with one attached hydrogen (secondary N) is 1. The molecule has 0 bridgehead atoms. The van der Waals surface area contributed by atoms with Crippen molar-refractivity contribution in [2.24, 2.45) is 7.05 Å². The van der Waals surface area contributed by atoms with Crippen molar-refractivity contribution >= 4 is 16.0 Å². The standard InChI is InChI=1S/C12H17N5O5S/c1-3-4-10-15-11(22-16-10)8-21-12(18)6-14-23(19,20)9-5-13-17(2)7-9/h5,7,14H,3-4,6,8H2,1-2H3. The largest absolute Gasteiger partial charge is 0.455 e. The lowest BCUT2D eigenvalue weighted by molar-refractivity contribution is -0.144. The zero-order chi connectivity index (χ0) is 16.9. The van der Waals surface area contributed by atoms with E-state index in [9.17, 15) is 13.2 Å². The van der Waals surface area contributed by atoms with Crippen LogP contribution in [-0.2, 0) is 39.6 Å². The van der Waals surface area contributed by atoms with E-state index in [4.69, 9.17) is 9.26 Å². The van der Waals surface area contributed by atoms with Crippen molar-refractivity contribution in [3.05, 3.63) is 24.1 Å². The third-order valence-electron chi connectivity index (χ3n) is 2.74. The van der Waals surface area contributed by atoms with Gasteiger partial charge in [0, 0.05) is 19.7 Å². The highest BCUT2D eigenvalue weighted by molar-refractivity contribution is 7.89. The van der Waals surface area contributed by atoms with Gasteiger partial charge in [0.25, 0.3) is 5.89 Å². The fourth-order valence-corrected chi connectivity index (χ4v) is 2.59. The maximum absolute atomic E-state index is 11.9. The summed E-state index contributed by atoms with van der Waals surface area (Å²) in [7, 11) is -2.22. The first kappa shape index (κ1) is 17.1. The van der Waals surface area contributed by atoms with Gasteiger partial charge < -0.3 is 9.26 Å². The molecule has 126 valence electrons. The highest BCUT2D eigenvalue weighted by atomic mass is 32.2. The molecule has 1 N–H and O–H groups in total. The third kappa shape index (κ3) is 4.86. The summed E-state index contributed by atoms with van der Waals surface area (Å²) in [5.74, 6) is -0.0551. The monoisotopic (exact) mass is 343 g/mol. The van der Waals surface area contributed by atoms with Crippen molar-refractivity contribution < 1.29 is 22.5 Å². The minimum Gasteiger partial charge on any atom is -0.455 e. The second-order valence-corrected chi connectivity index (χ2v) is 6.46. The Bertz CT molecular complexity index is 766. The first-order valence-electron chi connectivity index (χ1n) is 6.86. The van der Waals surface area contributed by atoms with E-state index in [1.165, 1.54) is 17.1 Å². The second-order valence-electron chi connectivity index (χ2n) is 4.69. The summed E-state index contributed by atoms with van der Waals surface area (Å²) in [6.07, 6.45) is 4.04. The van der Waals surface area contributed by atoms with Crippen molar-refractivity contribution in [3.63, 3.8) is 0 Å². The number of nitrogens with zero attached hydrogens (tertiary/aromatic N) is 4. The lowest BCUT2D eigenvalue weighted by Crippen LogP contribution is -2.30. The summed E-state index contributed by atoms with van der Waals surface area (Å²) in [4.78, 5) is 15.6. The van der Waals surface area contributed by atoms with Crippen LogP contribution in [0, 0.1) is 0 Å². The molecule has 2 rings (SSSR count). The van der Waals surface area contributed by atoms with Crippen LogP contribution < -0.4 is 4.72 Å². The van der Waals surface area contributed by atoms with Crippen molar-refractivity contribution in [1.82, 2.24) is 24.6 Å². The molecule has 2 aromatic heterocycles. The fourth-order valence-electron chi connectivity index (χ4n) is 1.64. The van der Waals surface area contributed by atoms with E-state index < -0.39 is 22.5 Å². The topological polar surface area (TPSA) is 129 Å². The average Bonchev–Trinajstić information content (AvgIpc) is 3.13. The number of aromatic nitrogens is 4. The van der Waals surface area contributed by atoms with Crippen molar-refractivity contribution in [2.45, 2.75) is 31.3 Å². The van der Waals surface area contributed by atoms with Gasteiger partial charge in [-0.2, -0.15) is 14.8 Å². The fraction of sp³-hybridized carbons (Fsp3) is 0.500. The van der Waals surface area contributed by atoms with Gasteiger partial charge in [-0.25, -0.2) is 8.42 Å². The third-order valence-corrected chi connectivity index (χ3v) is 4.09. The number of esters is 1. The number of hydrogen-bond donors (Lipinski definition) is 1. The second kappa shape index (κ2) is 7.33. The first-order valence-corrected chi connectivity index (χ1v) is 8.34. The molecule has 0 unspecified atom stereocenters. The molecule has 0 fully saturated rings. The molecule has 0 saturated heterocycles. The normalized spacial score (nSPS) is 11.6. The van der Waals surface area contributed by atoms with Gasteiger partial charge >= 0.3 is 5.97 Å². The molecule has 0 spiro atoms. The highest BCUT2D eigenvalue weighted by Crippen LogP contribution is 2.06. The maximum Gasteiger partial charge on any atom is 0.321 e. The molecule has 23 heavy (non-hydrogen) atoms. The summed E-state index contributed by atoms with van der Waals surface area (Å²) in [6.45, 7) is 1.27. The van der Waals surface area contributed by atoms with E-state index in [-0.39, 0.29) is 17.4 Å². The Labute approximate surface area is 132 Å². The van der Waals surface area contributed by atoms with E-state index >= 15 is 0 Å². The number of ether oxygens (including phenoxy) is 1. The number of hydrogen-bond acceptors (Lipinski definition) is 8. The van der Waals surface area contributed by atoms with E-state index in [0.717, 1.165) is 6.42 Å². The highest BCUT2D eigenvalue weighted by Gasteiger charge is 2.18. The molecular weight excluding hydrogens is 326 g/mol. The molecule has 0 atom stereocenters. The number of carbonyl (C=O) groups is 1. The van der Waals surface area contributed by atoms with E-state index in [1.807, 2.05) is 6.92 Å². The molecule has 0 saturated carbocycles. The average molecular weight is 343 g/mol. The van der Waals surface area contributed by atoms with E-state index in [0.29, 0.717) is 12.2 Å². The quantitative estimate of drug-likeness (QED) is 0.651. The molecule has 0 aliphatic heterocycles. The minimum atomic E-state index is -3.81. The van der Waals surface area contributed by atoms with Gasteiger partial charge in [0.2, 0.25) is 10.0 Å². The van der Waals surface area contributed by atoms with Crippen molar-refractivity contribution in [1.29, 1.82) is 0 Å². The van der Waals surface area contributed by atoms with Crippen molar-refractivity contribution in [3.8, 4) is 0 Å². The van der Waals surface area contributed by atoms with Crippen LogP contribution in [0.3, 0.4) is 0 Å². The lowest BCUT2D eigenvalue weighted by Gasteiger charge is -2.04. The van der Waals surface area contributed by atoms with Crippen molar-refractivity contribution in [2.75, 3.05) is 6.54 Å². The number of rotatable bonds is 8. The number of sulfonamides is 1. The Morgan fingerprint density at radius 2 is 2.26 bits per heavy atom. The van der Waals surface area contributed by atoms with Gasteiger partial charge in [-0.05, 0) is 6.42 Å². The molecule has 2 heterocycles. The van der Waals surface area contributed by atoms with Crippen LogP contribution >= 0.6 is 0 Å². The SMILES string of the molecule is CCCc1noc(COC(=O)CNS(=O)(=O)c2cnn(C)c2)n1. The van der Waals surface area contributed by atoms with Crippen LogP contribution in [0.15, 0.2) is 21.8 Å². The van der Waals surface area contributed by atoms with Crippen LogP contribution in [0.25, 0.3) is 0 Å². The number of carbonyl (C=O) groups excluding carboxylic acids is 1. The molecule has 0 radical (unpaired) electrons. The van der Waals surface area contributed by atoms with Crippen LogP contribution in [0.1, 0.15) is 25.1 Å². The molecule has 0 aromatic carbocycles. The van der Waals surface area contributed by atoms with Gasteiger partial charge in [0.1, 0.15) is 11.4 Å². The molecule has 10 nitrogen and oxygen atoms in total. The summed E-state index contributed by atoms with van der Waals surface area (Å²) in [5, 5.41) is 7.47. The van der Waals surface area contributed by atoms with Crippen LogP contribution in [0.4, 0.5) is 0 Å². The van der Waals surface area contributed by atoms with Crippen LogP contribution in [0.2, 0.25) is 0 Å². The smallest absolute Gasteiger partial charge is 0.321 e. The Kier molecular flexibility index (Phi) is 5.45. The van der Waals surface area contributed by atoms with Gasteiger partial charge in [-0.3, -0.25) is 9.48 Å². The molecule has 0 aliphatic rings. The number of aryl methyl sites for hydroxylation is 2. The predicted molar refractivity (Wildman–Crippen MR) is 76.5 cm³/mol.